The fourth-order valence-corrected chi connectivity index (χ4v) is 11.4. The number of rotatable bonds is 6. The van der Waals surface area contributed by atoms with E-state index in [-0.39, 0.29) is 27.6 Å². The van der Waals surface area contributed by atoms with Crippen molar-refractivity contribution in [3.05, 3.63) is 53.6 Å². The topological polar surface area (TPSA) is 77.8 Å². The second-order valence-electron chi connectivity index (χ2n) is 16.7. The molecule has 44 heavy (non-hydrogen) atoms. The lowest BCUT2D eigenvalue weighted by molar-refractivity contribution is -0.194. The number of carboxylic acids is 2. The van der Waals surface area contributed by atoms with Gasteiger partial charge in [-0.1, -0.05) is 65.0 Å². The highest BCUT2D eigenvalue weighted by atomic mass is 16.4. The molecular formula is C39H57NO4. The van der Waals surface area contributed by atoms with Crippen LogP contribution in [0.15, 0.2) is 42.5 Å². The maximum atomic E-state index is 12.5. The summed E-state index contributed by atoms with van der Waals surface area (Å²) < 4.78 is 0. The average molecular weight is 604 g/mol. The fraction of sp³-hybridized carbons (Fsp3) is 0.692. The highest BCUT2D eigenvalue weighted by molar-refractivity contribution is 5.88. The molecule has 0 bridgehead atoms. The van der Waals surface area contributed by atoms with E-state index >= 15 is 0 Å². The number of benzene rings is 1. The second-order valence-corrected chi connectivity index (χ2v) is 16.7. The van der Waals surface area contributed by atoms with Crippen LogP contribution in [0.2, 0.25) is 0 Å². The molecule has 0 saturated heterocycles. The van der Waals surface area contributed by atoms with E-state index in [1.165, 1.54) is 36.8 Å². The third-order valence-corrected chi connectivity index (χ3v) is 14.0. The summed E-state index contributed by atoms with van der Waals surface area (Å²) in [5.41, 5.74) is 4.46. The molecule has 2 N–H and O–H groups in total. The Morgan fingerprint density at radius 3 is 2.09 bits per heavy atom. The molecule has 3 saturated carbocycles. The molecule has 4 aliphatic carbocycles. The van der Waals surface area contributed by atoms with Crippen LogP contribution >= 0.6 is 0 Å². The first-order chi connectivity index (χ1) is 20.5. The number of aromatic carboxylic acids is 1. The normalized spacial score (nSPS) is 38.5. The molecule has 8 atom stereocenters. The second kappa shape index (κ2) is 11.8. The number of likely N-dealkylation sites (N-methyl/N-ethyl adjacent to an activating group) is 1. The number of hydrogen-bond donors (Lipinski definition) is 2. The number of carboxylic acid groups (broad SMARTS) is 2. The number of fused-ring (bicyclic) bond motifs is 5. The van der Waals surface area contributed by atoms with Crippen molar-refractivity contribution in [1.29, 1.82) is 0 Å². The van der Waals surface area contributed by atoms with Gasteiger partial charge in [-0.15, -0.1) is 0 Å². The Balaban J connectivity index is 1.50. The summed E-state index contributed by atoms with van der Waals surface area (Å²) in [5, 5.41) is 19.7. The van der Waals surface area contributed by atoms with Gasteiger partial charge in [0.05, 0.1) is 11.5 Å². The van der Waals surface area contributed by atoms with Crippen molar-refractivity contribution in [2.24, 2.45) is 51.2 Å². The van der Waals surface area contributed by atoms with E-state index in [0.29, 0.717) is 29.2 Å². The van der Waals surface area contributed by atoms with Crippen LogP contribution in [0.25, 0.3) is 5.57 Å². The predicted molar refractivity (Wildman–Crippen MR) is 178 cm³/mol. The molecule has 0 aliphatic heterocycles. The van der Waals surface area contributed by atoms with Gasteiger partial charge in [0.1, 0.15) is 0 Å². The molecule has 1 aromatic carbocycles. The van der Waals surface area contributed by atoms with E-state index in [0.717, 1.165) is 50.6 Å². The first kappa shape index (κ1) is 33.0. The zero-order valence-corrected chi connectivity index (χ0v) is 28.4. The average Bonchev–Trinajstić information content (AvgIpc) is 3.01. The van der Waals surface area contributed by atoms with Crippen molar-refractivity contribution in [3.63, 3.8) is 0 Å². The van der Waals surface area contributed by atoms with Crippen molar-refractivity contribution >= 4 is 17.5 Å². The molecule has 0 heterocycles. The first-order valence-corrected chi connectivity index (χ1v) is 17.1. The Morgan fingerprint density at radius 2 is 1.48 bits per heavy atom. The maximum Gasteiger partial charge on any atom is 0.335 e. The van der Waals surface area contributed by atoms with Crippen LogP contribution < -0.4 is 0 Å². The van der Waals surface area contributed by atoms with Crippen LogP contribution in [0.1, 0.15) is 115 Å². The monoisotopic (exact) mass is 603 g/mol. The molecule has 0 aromatic heterocycles. The van der Waals surface area contributed by atoms with E-state index in [1.54, 1.807) is 12.1 Å². The number of allylic oxidation sites excluding steroid dienone is 2. The summed E-state index contributed by atoms with van der Waals surface area (Å²) in [7, 11) is 4.21. The van der Waals surface area contributed by atoms with Crippen molar-refractivity contribution < 1.29 is 19.8 Å². The van der Waals surface area contributed by atoms with E-state index in [2.05, 4.69) is 66.3 Å². The Kier molecular flexibility index (Phi) is 8.81. The van der Waals surface area contributed by atoms with E-state index in [4.69, 9.17) is 0 Å². The fourth-order valence-electron chi connectivity index (χ4n) is 11.4. The molecule has 0 radical (unpaired) electrons. The Bertz CT molecular complexity index is 1310. The third kappa shape index (κ3) is 5.39. The smallest absolute Gasteiger partial charge is 0.335 e. The Labute approximate surface area is 266 Å². The first-order valence-electron chi connectivity index (χ1n) is 17.1. The molecule has 4 aliphatic rings. The van der Waals surface area contributed by atoms with Gasteiger partial charge in [0.15, 0.2) is 0 Å². The minimum atomic E-state index is -0.885. The molecule has 8 unspecified atom stereocenters. The zero-order valence-electron chi connectivity index (χ0n) is 28.4. The van der Waals surface area contributed by atoms with E-state index < -0.39 is 11.9 Å². The van der Waals surface area contributed by atoms with Crippen LogP contribution in [0.5, 0.6) is 0 Å². The van der Waals surface area contributed by atoms with Crippen LogP contribution in [0, 0.1) is 51.2 Å². The van der Waals surface area contributed by atoms with Crippen molar-refractivity contribution in [2.45, 2.75) is 98.8 Å². The van der Waals surface area contributed by atoms with Gasteiger partial charge in [0.25, 0.3) is 0 Å². The molecule has 0 spiro atoms. The van der Waals surface area contributed by atoms with Gasteiger partial charge in [0.2, 0.25) is 0 Å². The zero-order chi connectivity index (χ0) is 32.2. The standard InChI is InChI=1S/C39H57NO4/c1-25(24-40(7)8)29-14-13-28(35(43)44)17-21-38(5)30(23-29)15-16-33-37(4)20-18-31(26-9-11-27(12-10-26)34(41)42)36(2,3)32(37)19-22-39(33,38)6/h9-12,18,28-30,32-33H,1,13-17,19-24H2,2-8H3,(H,41,42)(H,43,44). The minimum Gasteiger partial charge on any atom is -0.481 e. The van der Waals surface area contributed by atoms with Gasteiger partial charge < -0.3 is 15.1 Å². The molecule has 5 nitrogen and oxygen atoms in total. The summed E-state index contributed by atoms with van der Waals surface area (Å²) in [6.07, 6.45) is 12.9. The molecule has 242 valence electrons. The minimum absolute atomic E-state index is 0.0291. The summed E-state index contributed by atoms with van der Waals surface area (Å²) in [6, 6.07) is 7.47. The number of hydrogen-bond acceptors (Lipinski definition) is 3. The quantitative estimate of drug-likeness (QED) is 0.317. The summed E-state index contributed by atoms with van der Waals surface area (Å²) in [4.78, 5) is 26.2. The van der Waals surface area contributed by atoms with Crippen LogP contribution in [0.3, 0.4) is 0 Å². The van der Waals surface area contributed by atoms with Gasteiger partial charge in [-0.2, -0.15) is 0 Å². The van der Waals surface area contributed by atoms with Crippen molar-refractivity contribution in [2.75, 3.05) is 20.6 Å². The molecule has 3 fully saturated rings. The van der Waals surface area contributed by atoms with Gasteiger partial charge >= 0.3 is 11.9 Å². The largest absolute Gasteiger partial charge is 0.481 e. The number of aliphatic carboxylic acids is 1. The van der Waals surface area contributed by atoms with Gasteiger partial charge in [0, 0.05) is 6.54 Å². The summed E-state index contributed by atoms with van der Waals surface area (Å²) in [6.45, 7) is 18.0. The van der Waals surface area contributed by atoms with Gasteiger partial charge in [-0.05, 0) is 147 Å². The highest BCUT2D eigenvalue weighted by Crippen LogP contribution is 2.74. The van der Waals surface area contributed by atoms with Crippen LogP contribution in [0.4, 0.5) is 0 Å². The number of nitrogens with zero attached hydrogens (tertiary/aromatic N) is 1. The lowest BCUT2D eigenvalue weighted by Gasteiger charge is -2.70. The maximum absolute atomic E-state index is 12.5. The molecule has 5 rings (SSSR count). The predicted octanol–water partition coefficient (Wildman–Crippen LogP) is 9.05. The summed E-state index contributed by atoms with van der Waals surface area (Å²) in [5.74, 6) is 0.279. The summed E-state index contributed by atoms with van der Waals surface area (Å²) >= 11 is 0. The van der Waals surface area contributed by atoms with E-state index in [9.17, 15) is 19.8 Å². The lowest BCUT2D eigenvalue weighted by atomic mass is 9.35. The molecule has 0 amide bonds. The van der Waals surface area contributed by atoms with Crippen LogP contribution in [-0.4, -0.2) is 47.7 Å². The van der Waals surface area contributed by atoms with Crippen molar-refractivity contribution in [1.82, 2.24) is 4.90 Å². The van der Waals surface area contributed by atoms with Crippen LogP contribution in [-0.2, 0) is 4.79 Å². The molecular weight excluding hydrogens is 546 g/mol. The highest BCUT2D eigenvalue weighted by Gasteiger charge is 2.65. The Hall–Kier alpha value is -2.40. The van der Waals surface area contributed by atoms with Gasteiger partial charge in [-0.25, -0.2) is 4.79 Å². The molecule has 1 aromatic rings. The SMILES string of the molecule is C=C(CN(C)C)C1CCC(C(=O)O)CCC2(C)C(CCC3C4(C)CC=C(c5ccc(C(=O)O)cc5)C(C)(C)C4CCC32C)C1. The van der Waals surface area contributed by atoms with Gasteiger partial charge in [-0.3, -0.25) is 4.79 Å². The lowest BCUT2D eigenvalue weighted by Crippen LogP contribution is -2.62. The number of carbonyl (C=O) groups is 2. The van der Waals surface area contributed by atoms with Crippen molar-refractivity contribution in [3.8, 4) is 0 Å². The molecule has 5 heteroatoms. The van der Waals surface area contributed by atoms with E-state index in [1.807, 2.05) is 12.1 Å². The third-order valence-electron chi connectivity index (χ3n) is 14.0. The Morgan fingerprint density at radius 1 is 0.841 bits per heavy atom.